The van der Waals surface area contributed by atoms with Crippen LogP contribution in [0, 0.1) is 0 Å². The number of fused-ring (bicyclic) bond motifs is 2. The van der Waals surface area contributed by atoms with Gasteiger partial charge in [-0.05, 0) is 30.0 Å². The molecule has 0 amide bonds. The lowest BCUT2D eigenvalue weighted by atomic mass is 10.1. The van der Waals surface area contributed by atoms with Crippen LogP contribution in [0.15, 0.2) is 67.0 Å². The number of hydrogen-bond acceptors (Lipinski definition) is 3. The summed E-state index contributed by atoms with van der Waals surface area (Å²) in [6, 6.07) is 17.6. The molecule has 0 atom stereocenters. The van der Waals surface area contributed by atoms with Gasteiger partial charge in [0.15, 0.2) is 0 Å². The fourth-order valence-corrected chi connectivity index (χ4v) is 3.24. The van der Waals surface area contributed by atoms with Gasteiger partial charge in [-0.1, -0.05) is 36.4 Å². The van der Waals surface area contributed by atoms with Crippen LogP contribution in [-0.2, 0) is 6.54 Å². The monoisotopic (exact) mass is 346 g/mol. The lowest BCUT2D eigenvalue weighted by Crippen LogP contribution is -2.11. The maximum absolute atomic E-state index is 11.5. The highest BCUT2D eigenvalue weighted by Crippen LogP contribution is 2.25. The maximum Gasteiger partial charge on any atom is 0.352 e. The third-order valence-electron chi connectivity index (χ3n) is 4.46. The molecule has 0 radical (unpaired) electrons. The minimum Gasteiger partial charge on any atom is -0.493 e. The standard InChI is InChI=1S/C21H18N2O3/c24-21(25)18-13-16-9-10-22-14-19(16)23(18)11-4-12-26-20-8-3-6-15-5-1-2-7-17(15)20/h1-3,5-10,13-14H,4,11-12H2,(H,24,25). The summed E-state index contributed by atoms with van der Waals surface area (Å²) in [5.74, 6) is -0.0863. The minimum absolute atomic E-state index is 0.276. The van der Waals surface area contributed by atoms with Crippen molar-refractivity contribution < 1.29 is 14.6 Å². The topological polar surface area (TPSA) is 64.3 Å². The van der Waals surface area contributed by atoms with Crippen LogP contribution in [0.5, 0.6) is 5.75 Å². The molecule has 130 valence electrons. The number of carboxylic acids is 1. The van der Waals surface area contributed by atoms with E-state index in [1.54, 1.807) is 23.0 Å². The number of ether oxygens (including phenoxy) is 1. The molecule has 0 unspecified atom stereocenters. The predicted molar refractivity (Wildman–Crippen MR) is 101 cm³/mol. The summed E-state index contributed by atoms with van der Waals surface area (Å²) in [6.07, 6.45) is 4.07. The Morgan fingerprint density at radius 2 is 1.92 bits per heavy atom. The van der Waals surface area contributed by atoms with Crippen molar-refractivity contribution in [3.8, 4) is 5.75 Å². The highest BCUT2D eigenvalue weighted by atomic mass is 16.5. The number of aryl methyl sites for hydroxylation is 1. The van der Waals surface area contributed by atoms with Gasteiger partial charge in [-0.15, -0.1) is 0 Å². The fourth-order valence-electron chi connectivity index (χ4n) is 3.24. The molecule has 2 heterocycles. The highest BCUT2D eigenvalue weighted by molar-refractivity contribution is 5.94. The number of aromatic nitrogens is 2. The first-order valence-corrected chi connectivity index (χ1v) is 8.51. The molecule has 0 fully saturated rings. The summed E-state index contributed by atoms with van der Waals surface area (Å²) < 4.78 is 7.74. The van der Waals surface area contributed by atoms with Crippen LogP contribution in [0.4, 0.5) is 0 Å². The van der Waals surface area contributed by atoms with Crippen molar-refractivity contribution >= 4 is 27.6 Å². The number of nitrogens with zero attached hydrogens (tertiary/aromatic N) is 2. The second kappa shape index (κ2) is 6.88. The fraction of sp³-hybridized carbons (Fsp3) is 0.143. The van der Waals surface area contributed by atoms with E-state index in [1.165, 1.54) is 0 Å². The molecule has 0 saturated carbocycles. The zero-order valence-electron chi connectivity index (χ0n) is 14.1. The molecule has 1 N–H and O–H groups in total. The second-order valence-electron chi connectivity index (χ2n) is 6.10. The van der Waals surface area contributed by atoms with Crippen molar-refractivity contribution in [3.63, 3.8) is 0 Å². The van der Waals surface area contributed by atoms with E-state index in [1.807, 2.05) is 36.4 Å². The van der Waals surface area contributed by atoms with Crippen LogP contribution in [0.3, 0.4) is 0 Å². The maximum atomic E-state index is 11.5. The SMILES string of the molecule is O=C(O)c1cc2ccncc2n1CCCOc1cccc2ccccc12. The molecule has 0 aliphatic rings. The van der Waals surface area contributed by atoms with E-state index < -0.39 is 5.97 Å². The van der Waals surface area contributed by atoms with Gasteiger partial charge < -0.3 is 14.4 Å². The van der Waals surface area contributed by atoms with E-state index in [4.69, 9.17) is 4.74 Å². The smallest absolute Gasteiger partial charge is 0.352 e. The van der Waals surface area contributed by atoms with Crippen molar-refractivity contribution in [1.29, 1.82) is 0 Å². The Bertz CT molecular complexity index is 1080. The summed E-state index contributed by atoms with van der Waals surface area (Å²) in [5, 5.41) is 12.5. The third kappa shape index (κ3) is 2.99. The molecule has 5 nitrogen and oxygen atoms in total. The Morgan fingerprint density at radius 3 is 2.81 bits per heavy atom. The van der Waals surface area contributed by atoms with E-state index in [0.717, 1.165) is 27.4 Å². The van der Waals surface area contributed by atoms with E-state index in [2.05, 4.69) is 17.1 Å². The normalized spacial score (nSPS) is 11.1. The van der Waals surface area contributed by atoms with Gasteiger partial charge in [-0.25, -0.2) is 4.79 Å². The minimum atomic E-state index is -0.934. The first-order chi connectivity index (χ1) is 12.7. The summed E-state index contributed by atoms with van der Waals surface area (Å²) in [7, 11) is 0. The third-order valence-corrected chi connectivity index (χ3v) is 4.46. The molecule has 0 spiro atoms. The van der Waals surface area contributed by atoms with Crippen molar-refractivity contribution in [1.82, 2.24) is 9.55 Å². The molecule has 0 bridgehead atoms. The molecule has 26 heavy (non-hydrogen) atoms. The Hall–Kier alpha value is -3.34. The molecule has 4 aromatic rings. The number of carboxylic acid groups (broad SMARTS) is 1. The molecule has 0 aliphatic heterocycles. The zero-order chi connectivity index (χ0) is 17.9. The molecular weight excluding hydrogens is 328 g/mol. The van der Waals surface area contributed by atoms with E-state index in [-0.39, 0.29) is 5.69 Å². The molecule has 2 aromatic heterocycles. The van der Waals surface area contributed by atoms with Crippen LogP contribution in [-0.4, -0.2) is 27.2 Å². The van der Waals surface area contributed by atoms with Gasteiger partial charge in [-0.3, -0.25) is 4.98 Å². The van der Waals surface area contributed by atoms with E-state index in [0.29, 0.717) is 19.6 Å². The average molecular weight is 346 g/mol. The van der Waals surface area contributed by atoms with E-state index >= 15 is 0 Å². The quantitative estimate of drug-likeness (QED) is 0.527. The summed E-state index contributed by atoms with van der Waals surface area (Å²) in [5.41, 5.74) is 1.10. The summed E-state index contributed by atoms with van der Waals surface area (Å²) in [4.78, 5) is 15.6. The summed E-state index contributed by atoms with van der Waals surface area (Å²) >= 11 is 0. The van der Waals surface area contributed by atoms with Gasteiger partial charge in [0.25, 0.3) is 0 Å². The van der Waals surface area contributed by atoms with E-state index in [9.17, 15) is 9.90 Å². The van der Waals surface area contributed by atoms with Crippen LogP contribution in [0.1, 0.15) is 16.9 Å². The van der Waals surface area contributed by atoms with Gasteiger partial charge in [0.2, 0.25) is 0 Å². The lowest BCUT2D eigenvalue weighted by molar-refractivity contribution is 0.0685. The highest BCUT2D eigenvalue weighted by Gasteiger charge is 2.14. The Kier molecular flexibility index (Phi) is 4.27. The first kappa shape index (κ1) is 16.1. The predicted octanol–water partition coefficient (Wildman–Crippen LogP) is 4.36. The van der Waals surface area contributed by atoms with Crippen molar-refractivity contribution in [2.45, 2.75) is 13.0 Å². The van der Waals surface area contributed by atoms with Gasteiger partial charge in [0.1, 0.15) is 11.4 Å². The number of benzene rings is 2. The van der Waals surface area contributed by atoms with Crippen LogP contribution in [0.2, 0.25) is 0 Å². The number of rotatable bonds is 6. The van der Waals surface area contributed by atoms with Crippen LogP contribution in [0.25, 0.3) is 21.7 Å². The molecule has 4 rings (SSSR count). The molecule has 2 aromatic carbocycles. The van der Waals surface area contributed by atoms with Crippen LogP contribution < -0.4 is 4.74 Å². The first-order valence-electron chi connectivity index (χ1n) is 8.51. The number of hydrogen-bond donors (Lipinski definition) is 1. The molecule has 0 saturated heterocycles. The number of aromatic carboxylic acids is 1. The largest absolute Gasteiger partial charge is 0.493 e. The zero-order valence-corrected chi connectivity index (χ0v) is 14.1. The number of carbonyl (C=O) groups is 1. The average Bonchev–Trinajstić information content (AvgIpc) is 3.04. The van der Waals surface area contributed by atoms with Crippen LogP contribution >= 0.6 is 0 Å². The van der Waals surface area contributed by atoms with Crippen molar-refractivity contribution in [3.05, 3.63) is 72.7 Å². The Balaban J connectivity index is 1.49. The van der Waals surface area contributed by atoms with Gasteiger partial charge >= 0.3 is 5.97 Å². The Labute approximate surface area is 150 Å². The van der Waals surface area contributed by atoms with Gasteiger partial charge in [0, 0.05) is 23.5 Å². The van der Waals surface area contributed by atoms with Crippen molar-refractivity contribution in [2.24, 2.45) is 0 Å². The van der Waals surface area contributed by atoms with Gasteiger partial charge in [0.05, 0.1) is 18.3 Å². The van der Waals surface area contributed by atoms with Crippen molar-refractivity contribution in [2.75, 3.05) is 6.61 Å². The molecule has 0 aliphatic carbocycles. The molecule has 5 heteroatoms. The second-order valence-corrected chi connectivity index (χ2v) is 6.10. The lowest BCUT2D eigenvalue weighted by Gasteiger charge is -2.11. The Morgan fingerprint density at radius 1 is 1.08 bits per heavy atom. The number of pyridine rings is 1. The summed E-state index contributed by atoms with van der Waals surface area (Å²) in [6.45, 7) is 1.06. The van der Waals surface area contributed by atoms with Gasteiger partial charge in [-0.2, -0.15) is 0 Å². The molecular formula is C21H18N2O3.